The summed E-state index contributed by atoms with van der Waals surface area (Å²) in [7, 11) is -3.76. The SMILES string of the molecule is O=C1CN(S(=O)(=O)n2cc3c(n2)CN=C3)CCN1. The van der Waals surface area contributed by atoms with Gasteiger partial charge in [-0.1, -0.05) is 0 Å². The number of nitrogens with zero attached hydrogens (tertiary/aromatic N) is 4. The second-order valence-corrected chi connectivity index (χ2v) is 5.85. The summed E-state index contributed by atoms with van der Waals surface area (Å²) in [6.45, 7) is 0.812. The molecule has 8 nitrogen and oxygen atoms in total. The van der Waals surface area contributed by atoms with E-state index in [-0.39, 0.29) is 19.0 Å². The third kappa shape index (κ3) is 1.71. The normalized spacial score (nSPS) is 19.9. The van der Waals surface area contributed by atoms with Crippen molar-refractivity contribution in [3.63, 3.8) is 0 Å². The third-order valence-electron chi connectivity index (χ3n) is 2.84. The summed E-state index contributed by atoms with van der Waals surface area (Å²) in [6.07, 6.45) is 3.02. The number of carbonyl (C=O) groups excluding carboxylic acids is 1. The zero-order valence-corrected chi connectivity index (χ0v) is 10.2. The number of amides is 1. The van der Waals surface area contributed by atoms with E-state index in [0.717, 1.165) is 8.39 Å². The maximum absolute atomic E-state index is 12.2. The number of hydrogen-bond acceptors (Lipinski definition) is 5. The Balaban J connectivity index is 1.93. The Bertz CT molecular complexity index is 633. The molecule has 0 saturated carbocycles. The van der Waals surface area contributed by atoms with Gasteiger partial charge in [0.1, 0.15) is 0 Å². The zero-order chi connectivity index (χ0) is 12.8. The van der Waals surface area contributed by atoms with Crippen LogP contribution in [0.1, 0.15) is 11.3 Å². The molecule has 2 aliphatic rings. The van der Waals surface area contributed by atoms with Gasteiger partial charge in [0.2, 0.25) is 5.91 Å². The highest BCUT2D eigenvalue weighted by Crippen LogP contribution is 2.15. The number of hydrogen-bond donors (Lipinski definition) is 1. The lowest BCUT2D eigenvalue weighted by Crippen LogP contribution is -2.51. The van der Waals surface area contributed by atoms with Gasteiger partial charge in [-0.2, -0.15) is 21.9 Å². The van der Waals surface area contributed by atoms with E-state index in [2.05, 4.69) is 15.4 Å². The predicted molar refractivity (Wildman–Crippen MR) is 62.4 cm³/mol. The Morgan fingerprint density at radius 1 is 1.39 bits per heavy atom. The van der Waals surface area contributed by atoms with Crippen molar-refractivity contribution in [2.75, 3.05) is 19.6 Å². The summed E-state index contributed by atoms with van der Waals surface area (Å²) < 4.78 is 26.5. The number of aromatic nitrogens is 2. The molecule has 0 aliphatic carbocycles. The highest BCUT2D eigenvalue weighted by Gasteiger charge is 2.30. The zero-order valence-electron chi connectivity index (χ0n) is 9.40. The van der Waals surface area contributed by atoms with Gasteiger partial charge in [-0.15, -0.1) is 0 Å². The minimum atomic E-state index is -3.76. The van der Waals surface area contributed by atoms with Gasteiger partial charge < -0.3 is 5.32 Å². The Kier molecular flexibility index (Phi) is 2.45. The van der Waals surface area contributed by atoms with E-state index in [1.165, 1.54) is 6.20 Å². The van der Waals surface area contributed by atoms with Gasteiger partial charge in [-0.05, 0) is 0 Å². The van der Waals surface area contributed by atoms with Crippen molar-refractivity contribution in [3.8, 4) is 0 Å². The molecule has 0 unspecified atom stereocenters. The molecule has 0 aromatic carbocycles. The molecular formula is C9H11N5O3S. The molecule has 1 aromatic rings. The van der Waals surface area contributed by atoms with Gasteiger partial charge in [-0.3, -0.25) is 9.79 Å². The van der Waals surface area contributed by atoms with Crippen molar-refractivity contribution in [1.82, 2.24) is 18.8 Å². The molecule has 1 amide bonds. The van der Waals surface area contributed by atoms with Crippen LogP contribution in [0.15, 0.2) is 11.2 Å². The summed E-state index contributed by atoms with van der Waals surface area (Å²) >= 11 is 0. The van der Waals surface area contributed by atoms with Gasteiger partial charge >= 0.3 is 10.2 Å². The number of aliphatic imine (C=N–C) groups is 1. The minimum Gasteiger partial charge on any atom is -0.354 e. The average Bonchev–Trinajstić information content (AvgIpc) is 2.89. The summed E-state index contributed by atoms with van der Waals surface area (Å²) in [5.74, 6) is -0.300. The lowest BCUT2D eigenvalue weighted by molar-refractivity contribution is -0.122. The Hall–Kier alpha value is -1.74. The van der Waals surface area contributed by atoms with Crippen LogP contribution in [0.5, 0.6) is 0 Å². The minimum absolute atomic E-state index is 0.166. The molecule has 0 bridgehead atoms. The quantitative estimate of drug-likeness (QED) is 0.695. The van der Waals surface area contributed by atoms with E-state index >= 15 is 0 Å². The van der Waals surface area contributed by atoms with Crippen molar-refractivity contribution in [2.24, 2.45) is 4.99 Å². The lowest BCUT2D eigenvalue weighted by Gasteiger charge is -2.25. The first-order valence-electron chi connectivity index (χ1n) is 5.43. The molecule has 3 rings (SSSR count). The average molecular weight is 269 g/mol. The standard InChI is InChI=1S/C9H11N5O3S/c15-9-6-13(2-1-11-9)18(16,17)14-5-7-3-10-4-8(7)12-14/h3,5H,1-2,4,6H2,(H,11,15). The molecule has 1 saturated heterocycles. The fourth-order valence-electron chi connectivity index (χ4n) is 1.91. The van der Waals surface area contributed by atoms with Crippen LogP contribution >= 0.6 is 0 Å². The predicted octanol–water partition coefficient (Wildman–Crippen LogP) is -1.66. The summed E-state index contributed by atoms with van der Waals surface area (Å²) in [6, 6.07) is 0. The van der Waals surface area contributed by atoms with Crippen LogP contribution in [0.4, 0.5) is 0 Å². The van der Waals surface area contributed by atoms with E-state index in [1.807, 2.05) is 0 Å². The molecular weight excluding hydrogens is 258 g/mol. The van der Waals surface area contributed by atoms with E-state index in [1.54, 1.807) is 6.21 Å². The topological polar surface area (TPSA) is 96.7 Å². The van der Waals surface area contributed by atoms with Crippen LogP contribution < -0.4 is 5.32 Å². The molecule has 96 valence electrons. The van der Waals surface area contributed by atoms with Crippen LogP contribution in [0, 0.1) is 0 Å². The van der Waals surface area contributed by atoms with Gasteiger partial charge in [0.15, 0.2) is 0 Å². The second-order valence-electron chi connectivity index (χ2n) is 4.06. The smallest absolute Gasteiger partial charge is 0.323 e. The highest BCUT2D eigenvalue weighted by atomic mass is 32.2. The van der Waals surface area contributed by atoms with Gasteiger partial charge in [-0.25, -0.2) is 0 Å². The molecule has 9 heteroatoms. The van der Waals surface area contributed by atoms with Crippen LogP contribution in [0.2, 0.25) is 0 Å². The van der Waals surface area contributed by atoms with Gasteiger partial charge in [0.25, 0.3) is 0 Å². The number of nitrogens with one attached hydrogen (secondary N) is 1. The Labute approximate surface area is 103 Å². The molecule has 2 aliphatic heterocycles. The van der Waals surface area contributed by atoms with E-state index < -0.39 is 10.2 Å². The maximum Gasteiger partial charge on any atom is 0.323 e. The van der Waals surface area contributed by atoms with E-state index in [9.17, 15) is 13.2 Å². The van der Waals surface area contributed by atoms with E-state index in [0.29, 0.717) is 24.3 Å². The number of rotatable bonds is 2. The molecule has 0 spiro atoms. The molecule has 1 fully saturated rings. The molecule has 18 heavy (non-hydrogen) atoms. The second kappa shape index (κ2) is 3.89. The third-order valence-corrected chi connectivity index (χ3v) is 4.46. The van der Waals surface area contributed by atoms with Crippen molar-refractivity contribution in [1.29, 1.82) is 0 Å². The Morgan fingerprint density at radius 2 is 2.22 bits per heavy atom. The number of fused-ring (bicyclic) bond motifs is 1. The van der Waals surface area contributed by atoms with Crippen molar-refractivity contribution >= 4 is 22.3 Å². The largest absolute Gasteiger partial charge is 0.354 e. The first-order valence-corrected chi connectivity index (χ1v) is 6.83. The van der Waals surface area contributed by atoms with Crippen LogP contribution in [-0.2, 0) is 21.5 Å². The van der Waals surface area contributed by atoms with E-state index in [4.69, 9.17) is 0 Å². The summed E-state index contributed by atoms with van der Waals surface area (Å²) in [5.41, 5.74) is 1.35. The van der Waals surface area contributed by atoms with Crippen LogP contribution in [0.25, 0.3) is 0 Å². The number of carbonyl (C=O) groups is 1. The van der Waals surface area contributed by atoms with Crippen molar-refractivity contribution < 1.29 is 13.2 Å². The maximum atomic E-state index is 12.2. The molecule has 1 aromatic heterocycles. The molecule has 0 radical (unpaired) electrons. The lowest BCUT2D eigenvalue weighted by atomic mass is 10.3. The van der Waals surface area contributed by atoms with Crippen molar-refractivity contribution in [2.45, 2.75) is 6.54 Å². The first kappa shape index (κ1) is 11.4. The number of piperazine rings is 1. The van der Waals surface area contributed by atoms with Crippen LogP contribution in [-0.4, -0.2) is 53.7 Å². The Morgan fingerprint density at radius 3 is 2.94 bits per heavy atom. The monoisotopic (exact) mass is 269 g/mol. The van der Waals surface area contributed by atoms with Gasteiger partial charge in [0.05, 0.1) is 25.0 Å². The van der Waals surface area contributed by atoms with Crippen molar-refractivity contribution in [3.05, 3.63) is 17.5 Å². The molecule has 1 N–H and O–H groups in total. The fourth-order valence-corrected chi connectivity index (χ4v) is 3.20. The van der Waals surface area contributed by atoms with Gasteiger partial charge in [0, 0.05) is 24.9 Å². The highest BCUT2D eigenvalue weighted by molar-refractivity contribution is 7.87. The molecule has 3 heterocycles. The van der Waals surface area contributed by atoms with Crippen LogP contribution in [0.3, 0.4) is 0 Å². The first-order chi connectivity index (χ1) is 8.57. The molecule has 0 atom stereocenters. The summed E-state index contributed by atoms with van der Waals surface area (Å²) in [5, 5.41) is 6.57. The summed E-state index contributed by atoms with van der Waals surface area (Å²) in [4.78, 5) is 15.2. The fraction of sp³-hybridized carbons (Fsp3) is 0.444.